The lowest BCUT2D eigenvalue weighted by molar-refractivity contribution is 0.0904. The minimum absolute atomic E-state index is 0.465. The number of ether oxygens (including phenoxy) is 1. The Morgan fingerprint density at radius 2 is 2.18 bits per heavy atom. The Labute approximate surface area is 102 Å². The van der Waals surface area contributed by atoms with Crippen LogP contribution in [0, 0.1) is 6.92 Å². The van der Waals surface area contributed by atoms with Crippen molar-refractivity contribution >= 4 is 11.8 Å². The molecule has 0 bridgehead atoms. The van der Waals surface area contributed by atoms with Crippen LogP contribution in [0.15, 0.2) is 6.20 Å². The summed E-state index contributed by atoms with van der Waals surface area (Å²) in [6.45, 7) is 6.57. The molecule has 2 rings (SSSR count). The average Bonchev–Trinajstić information content (AvgIpc) is 2.35. The number of hydrogen-bond donors (Lipinski definition) is 2. The molecule has 1 aromatic rings. The molecule has 1 aliphatic heterocycles. The van der Waals surface area contributed by atoms with E-state index in [0.717, 1.165) is 44.0 Å². The van der Waals surface area contributed by atoms with Crippen molar-refractivity contribution in [3.8, 4) is 0 Å². The van der Waals surface area contributed by atoms with Crippen LogP contribution >= 0.6 is 0 Å². The van der Waals surface area contributed by atoms with Gasteiger partial charge in [-0.3, -0.25) is 0 Å². The Morgan fingerprint density at radius 1 is 1.41 bits per heavy atom. The minimum Gasteiger partial charge on any atom is -0.381 e. The molecule has 1 saturated heterocycles. The van der Waals surface area contributed by atoms with Gasteiger partial charge in [-0.05, 0) is 26.7 Å². The van der Waals surface area contributed by atoms with Crippen molar-refractivity contribution in [2.75, 3.05) is 30.4 Å². The first-order valence-corrected chi connectivity index (χ1v) is 6.21. The Bertz CT molecular complexity index is 364. The highest BCUT2D eigenvalue weighted by Gasteiger charge is 2.15. The molecule has 2 heterocycles. The summed E-state index contributed by atoms with van der Waals surface area (Å²) in [5, 5.41) is 6.60. The maximum absolute atomic E-state index is 5.34. The van der Waals surface area contributed by atoms with Crippen LogP contribution in [0.3, 0.4) is 0 Å². The second-order valence-electron chi connectivity index (χ2n) is 4.29. The summed E-state index contributed by atoms with van der Waals surface area (Å²) in [6, 6.07) is 0.465. The van der Waals surface area contributed by atoms with Gasteiger partial charge < -0.3 is 15.4 Å². The predicted molar refractivity (Wildman–Crippen MR) is 68.4 cm³/mol. The van der Waals surface area contributed by atoms with Crippen LogP contribution in [0.25, 0.3) is 0 Å². The van der Waals surface area contributed by atoms with Gasteiger partial charge >= 0.3 is 0 Å². The molecule has 0 aromatic carbocycles. The zero-order valence-corrected chi connectivity index (χ0v) is 10.5. The summed E-state index contributed by atoms with van der Waals surface area (Å²) < 4.78 is 5.34. The summed E-state index contributed by atoms with van der Waals surface area (Å²) in [6.07, 6.45) is 3.94. The van der Waals surface area contributed by atoms with E-state index in [9.17, 15) is 0 Å². The van der Waals surface area contributed by atoms with Crippen LogP contribution in [0.1, 0.15) is 25.3 Å². The Hall–Kier alpha value is -1.36. The number of hydrogen-bond acceptors (Lipinski definition) is 5. The first-order chi connectivity index (χ1) is 8.29. The van der Waals surface area contributed by atoms with E-state index in [1.807, 2.05) is 20.0 Å². The summed E-state index contributed by atoms with van der Waals surface area (Å²) >= 11 is 0. The van der Waals surface area contributed by atoms with Crippen molar-refractivity contribution in [2.45, 2.75) is 32.7 Å². The summed E-state index contributed by atoms with van der Waals surface area (Å²) in [5.41, 5.74) is 1.08. The summed E-state index contributed by atoms with van der Waals surface area (Å²) in [7, 11) is 0. The SMILES string of the molecule is CCNc1ncc(C)c(NC2CCOCC2)n1. The highest BCUT2D eigenvalue weighted by molar-refractivity contribution is 5.47. The molecule has 0 atom stereocenters. The van der Waals surface area contributed by atoms with Gasteiger partial charge in [-0.2, -0.15) is 4.98 Å². The third-order valence-electron chi connectivity index (χ3n) is 2.87. The van der Waals surface area contributed by atoms with Crippen molar-refractivity contribution in [1.29, 1.82) is 0 Å². The van der Waals surface area contributed by atoms with E-state index >= 15 is 0 Å². The first kappa shape index (κ1) is 12.1. The molecule has 1 fully saturated rings. The van der Waals surface area contributed by atoms with Crippen LogP contribution in [0.5, 0.6) is 0 Å². The fourth-order valence-electron chi connectivity index (χ4n) is 1.87. The normalized spacial score (nSPS) is 16.8. The van der Waals surface area contributed by atoms with Crippen LogP contribution in [0.4, 0.5) is 11.8 Å². The molecule has 1 aliphatic rings. The van der Waals surface area contributed by atoms with Gasteiger partial charge in [0.05, 0.1) is 0 Å². The van der Waals surface area contributed by atoms with E-state index in [-0.39, 0.29) is 0 Å². The van der Waals surface area contributed by atoms with Gasteiger partial charge in [0.15, 0.2) is 0 Å². The Kier molecular flexibility index (Phi) is 4.14. The highest BCUT2D eigenvalue weighted by Crippen LogP contribution is 2.17. The molecular weight excluding hydrogens is 216 g/mol. The quantitative estimate of drug-likeness (QED) is 0.835. The third-order valence-corrected chi connectivity index (χ3v) is 2.87. The molecule has 1 aromatic heterocycles. The molecule has 0 radical (unpaired) electrons. The first-order valence-electron chi connectivity index (χ1n) is 6.21. The largest absolute Gasteiger partial charge is 0.381 e. The van der Waals surface area contributed by atoms with E-state index in [4.69, 9.17) is 4.74 Å². The average molecular weight is 236 g/mol. The molecule has 0 unspecified atom stereocenters. The van der Waals surface area contributed by atoms with Crippen LogP contribution in [0.2, 0.25) is 0 Å². The topological polar surface area (TPSA) is 59.1 Å². The van der Waals surface area contributed by atoms with Gasteiger partial charge in [0.1, 0.15) is 5.82 Å². The number of rotatable bonds is 4. The summed E-state index contributed by atoms with van der Waals surface area (Å²) in [5.74, 6) is 1.62. The summed E-state index contributed by atoms with van der Waals surface area (Å²) in [4.78, 5) is 8.72. The molecule has 0 amide bonds. The second kappa shape index (κ2) is 5.82. The van der Waals surface area contributed by atoms with Crippen molar-refractivity contribution in [1.82, 2.24) is 9.97 Å². The van der Waals surface area contributed by atoms with Crippen LogP contribution < -0.4 is 10.6 Å². The number of nitrogens with zero attached hydrogens (tertiary/aromatic N) is 2. The Balaban J connectivity index is 2.04. The van der Waals surface area contributed by atoms with Crippen LogP contribution in [-0.2, 0) is 4.74 Å². The minimum atomic E-state index is 0.465. The van der Waals surface area contributed by atoms with Crippen molar-refractivity contribution in [3.05, 3.63) is 11.8 Å². The van der Waals surface area contributed by atoms with Gasteiger partial charge in [0.25, 0.3) is 0 Å². The zero-order chi connectivity index (χ0) is 12.1. The number of aromatic nitrogens is 2. The lowest BCUT2D eigenvalue weighted by Crippen LogP contribution is -2.28. The smallest absolute Gasteiger partial charge is 0.224 e. The second-order valence-corrected chi connectivity index (χ2v) is 4.29. The van der Waals surface area contributed by atoms with E-state index in [1.165, 1.54) is 0 Å². The zero-order valence-electron chi connectivity index (χ0n) is 10.5. The van der Waals surface area contributed by atoms with E-state index in [1.54, 1.807) is 0 Å². The molecule has 2 N–H and O–H groups in total. The molecule has 5 heteroatoms. The number of aryl methyl sites for hydroxylation is 1. The highest BCUT2D eigenvalue weighted by atomic mass is 16.5. The van der Waals surface area contributed by atoms with E-state index in [0.29, 0.717) is 12.0 Å². The van der Waals surface area contributed by atoms with Gasteiger partial charge in [-0.25, -0.2) is 4.98 Å². The van der Waals surface area contributed by atoms with Crippen molar-refractivity contribution in [2.24, 2.45) is 0 Å². The van der Waals surface area contributed by atoms with Gasteiger partial charge in [0, 0.05) is 37.6 Å². The maximum Gasteiger partial charge on any atom is 0.224 e. The molecule has 0 saturated carbocycles. The maximum atomic E-state index is 5.34. The van der Waals surface area contributed by atoms with E-state index in [2.05, 4.69) is 20.6 Å². The fraction of sp³-hybridized carbons (Fsp3) is 0.667. The molecule has 5 nitrogen and oxygen atoms in total. The Morgan fingerprint density at radius 3 is 2.88 bits per heavy atom. The number of anilines is 2. The molecule has 94 valence electrons. The third kappa shape index (κ3) is 3.30. The van der Waals surface area contributed by atoms with E-state index < -0.39 is 0 Å². The van der Waals surface area contributed by atoms with Gasteiger partial charge in [-0.1, -0.05) is 0 Å². The van der Waals surface area contributed by atoms with Gasteiger partial charge in [-0.15, -0.1) is 0 Å². The van der Waals surface area contributed by atoms with Gasteiger partial charge in [0.2, 0.25) is 5.95 Å². The molecule has 17 heavy (non-hydrogen) atoms. The lowest BCUT2D eigenvalue weighted by atomic mass is 10.1. The lowest BCUT2D eigenvalue weighted by Gasteiger charge is -2.24. The molecule has 0 aliphatic carbocycles. The number of nitrogens with one attached hydrogen (secondary N) is 2. The van der Waals surface area contributed by atoms with Crippen molar-refractivity contribution < 1.29 is 4.74 Å². The molecular formula is C12H20N4O. The van der Waals surface area contributed by atoms with Crippen molar-refractivity contribution in [3.63, 3.8) is 0 Å². The predicted octanol–water partition coefficient (Wildman–Crippen LogP) is 1.81. The monoisotopic (exact) mass is 236 g/mol. The fourth-order valence-corrected chi connectivity index (χ4v) is 1.87. The standard InChI is InChI=1S/C12H20N4O/c1-3-13-12-14-8-9(2)11(16-12)15-10-4-6-17-7-5-10/h8,10H,3-7H2,1-2H3,(H2,13,14,15,16). The molecule has 0 spiro atoms. The van der Waals surface area contributed by atoms with Crippen LogP contribution in [-0.4, -0.2) is 35.8 Å².